The molecule has 310 valence electrons. The summed E-state index contributed by atoms with van der Waals surface area (Å²) in [5.41, 5.74) is 1.86. The van der Waals surface area contributed by atoms with Crippen LogP contribution in [0.25, 0.3) is 0 Å². The normalized spacial score (nSPS) is 24.1. The Labute approximate surface area is 330 Å². The molecule has 2 aliphatic rings. The Kier molecular flexibility index (Phi) is 20.6. The van der Waals surface area contributed by atoms with Crippen LogP contribution in [-0.2, 0) is 33.8 Å². The van der Waals surface area contributed by atoms with E-state index in [0.29, 0.717) is 49.8 Å². The summed E-state index contributed by atoms with van der Waals surface area (Å²) in [6.07, 6.45) is 17.9. The molecule has 0 amide bonds. The molecule has 0 aromatic heterocycles. The maximum atomic E-state index is 6.59. The Balaban J connectivity index is 1.75. The molecule has 1 fully saturated rings. The first-order chi connectivity index (χ1) is 25.9. The molecule has 8 nitrogen and oxygen atoms in total. The lowest BCUT2D eigenvalue weighted by molar-refractivity contribution is -0.238. The van der Waals surface area contributed by atoms with E-state index in [0.717, 1.165) is 77.0 Å². The molecule has 54 heavy (non-hydrogen) atoms. The van der Waals surface area contributed by atoms with Crippen molar-refractivity contribution in [3.63, 3.8) is 0 Å². The van der Waals surface area contributed by atoms with Crippen molar-refractivity contribution < 1.29 is 37.9 Å². The third-order valence-electron chi connectivity index (χ3n) is 11.2. The van der Waals surface area contributed by atoms with Gasteiger partial charge >= 0.3 is 0 Å². The number of rotatable bonds is 27. The van der Waals surface area contributed by atoms with Gasteiger partial charge in [-0.05, 0) is 139 Å². The van der Waals surface area contributed by atoms with Crippen LogP contribution in [-0.4, -0.2) is 63.3 Å². The molecule has 8 heteroatoms. The van der Waals surface area contributed by atoms with E-state index in [4.69, 9.17) is 37.9 Å². The fourth-order valence-corrected chi connectivity index (χ4v) is 7.43. The van der Waals surface area contributed by atoms with Gasteiger partial charge in [0.05, 0.1) is 13.2 Å². The summed E-state index contributed by atoms with van der Waals surface area (Å²) in [6, 6.07) is 6.43. The van der Waals surface area contributed by atoms with Crippen molar-refractivity contribution in [3.05, 3.63) is 47.6 Å². The van der Waals surface area contributed by atoms with Gasteiger partial charge in [0, 0.05) is 13.2 Å². The number of allylic oxidation sites excluding steroid dienone is 2. The predicted molar refractivity (Wildman–Crippen MR) is 219 cm³/mol. The van der Waals surface area contributed by atoms with Gasteiger partial charge in [0.15, 0.2) is 36.7 Å². The molecule has 1 saturated carbocycles. The molecule has 0 heterocycles. The monoisotopic (exact) mass is 759 g/mol. The summed E-state index contributed by atoms with van der Waals surface area (Å²) < 4.78 is 49.8. The highest BCUT2D eigenvalue weighted by molar-refractivity contribution is 5.45. The van der Waals surface area contributed by atoms with Crippen molar-refractivity contribution >= 4 is 0 Å². The van der Waals surface area contributed by atoms with Gasteiger partial charge in [0.1, 0.15) is 11.7 Å². The molecule has 0 aliphatic heterocycles. The Morgan fingerprint density at radius 3 is 1.70 bits per heavy atom. The van der Waals surface area contributed by atoms with Crippen LogP contribution in [0.5, 0.6) is 11.5 Å². The molecular formula is C46H78O8. The molecule has 0 N–H and O–H groups in total. The summed E-state index contributed by atoms with van der Waals surface area (Å²) in [5.74, 6) is 2.37. The SMILES string of the molecule is CCCCOC(C)Oc1ccc(C(C)(C)C2CCC(C3=CC(OC(C)OCCCC)C(C)(OC(C)OCCCC)C=C3)CC2)cc1OC(C)OCCCC. The van der Waals surface area contributed by atoms with Crippen LogP contribution in [0.2, 0.25) is 0 Å². The topological polar surface area (TPSA) is 73.8 Å². The lowest BCUT2D eigenvalue weighted by Gasteiger charge is -2.42. The Hall–Kier alpha value is -1.94. The van der Waals surface area contributed by atoms with Crippen LogP contribution in [0, 0.1) is 11.8 Å². The third kappa shape index (κ3) is 14.9. The van der Waals surface area contributed by atoms with E-state index in [1.807, 2.05) is 27.7 Å². The molecule has 2 aliphatic carbocycles. The molecule has 0 spiro atoms. The zero-order valence-corrected chi connectivity index (χ0v) is 36.1. The Morgan fingerprint density at radius 2 is 1.17 bits per heavy atom. The van der Waals surface area contributed by atoms with Crippen LogP contribution >= 0.6 is 0 Å². The van der Waals surface area contributed by atoms with Gasteiger partial charge in [-0.25, -0.2) is 0 Å². The predicted octanol–water partition coefficient (Wildman–Crippen LogP) is 11.8. The summed E-state index contributed by atoms with van der Waals surface area (Å²) >= 11 is 0. The minimum Gasteiger partial charge on any atom is -0.461 e. The zero-order valence-electron chi connectivity index (χ0n) is 36.1. The van der Waals surface area contributed by atoms with Gasteiger partial charge in [0.2, 0.25) is 0 Å². The second-order valence-corrected chi connectivity index (χ2v) is 16.2. The number of unbranched alkanes of at least 4 members (excludes halogenated alkanes) is 4. The zero-order chi connectivity index (χ0) is 39.6. The van der Waals surface area contributed by atoms with Crippen molar-refractivity contribution in [2.24, 2.45) is 11.8 Å². The number of hydrogen-bond donors (Lipinski definition) is 0. The Bertz CT molecular complexity index is 1240. The van der Waals surface area contributed by atoms with Gasteiger partial charge in [-0.15, -0.1) is 0 Å². The lowest BCUT2D eigenvalue weighted by atomic mass is 9.64. The highest BCUT2D eigenvalue weighted by Crippen LogP contribution is 2.47. The number of benzene rings is 1. The first-order valence-corrected chi connectivity index (χ1v) is 21.5. The highest BCUT2D eigenvalue weighted by atomic mass is 16.7. The largest absolute Gasteiger partial charge is 0.461 e. The second-order valence-electron chi connectivity index (χ2n) is 16.2. The van der Waals surface area contributed by atoms with Gasteiger partial charge in [-0.1, -0.05) is 79.4 Å². The molecule has 0 saturated heterocycles. The van der Waals surface area contributed by atoms with E-state index in [2.05, 4.69) is 84.9 Å². The average Bonchev–Trinajstić information content (AvgIpc) is 3.13. The van der Waals surface area contributed by atoms with E-state index in [1.165, 1.54) is 11.1 Å². The van der Waals surface area contributed by atoms with Crippen molar-refractivity contribution in [1.82, 2.24) is 0 Å². The van der Waals surface area contributed by atoms with E-state index in [9.17, 15) is 0 Å². The van der Waals surface area contributed by atoms with Gasteiger partial charge < -0.3 is 37.9 Å². The average molecular weight is 759 g/mol. The smallest absolute Gasteiger partial charge is 0.197 e. The fourth-order valence-electron chi connectivity index (χ4n) is 7.43. The van der Waals surface area contributed by atoms with Crippen molar-refractivity contribution in [1.29, 1.82) is 0 Å². The molecule has 1 aromatic rings. The quantitative estimate of drug-likeness (QED) is 0.0649. The minimum absolute atomic E-state index is 0.0643. The Morgan fingerprint density at radius 1 is 0.667 bits per heavy atom. The maximum Gasteiger partial charge on any atom is 0.197 e. The van der Waals surface area contributed by atoms with Crippen LogP contribution in [0.1, 0.15) is 159 Å². The van der Waals surface area contributed by atoms with Crippen LogP contribution in [0.4, 0.5) is 0 Å². The molecule has 6 atom stereocenters. The van der Waals surface area contributed by atoms with Crippen molar-refractivity contribution in [2.75, 3.05) is 26.4 Å². The van der Waals surface area contributed by atoms with Gasteiger partial charge in [-0.2, -0.15) is 0 Å². The van der Waals surface area contributed by atoms with E-state index < -0.39 is 5.60 Å². The molecule has 0 radical (unpaired) electrons. The van der Waals surface area contributed by atoms with Crippen LogP contribution < -0.4 is 9.47 Å². The summed E-state index contributed by atoms with van der Waals surface area (Å²) in [7, 11) is 0. The molecule has 1 aromatic carbocycles. The van der Waals surface area contributed by atoms with E-state index >= 15 is 0 Å². The summed E-state index contributed by atoms with van der Waals surface area (Å²) in [4.78, 5) is 0. The maximum absolute atomic E-state index is 6.59. The summed E-state index contributed by atoms with van der Waals surface area (Å²) in [6.45, 7) is 26.1. The van der Waals surface area contributed by atoms with Crippen molar-refractivity contribution in [2.45, 2.75) is 195 Å². The lowest BCUT2D eigenvalue weighted by Crippen LogP contribution is -2.47. The molecule has 6 unspecified atom stereocenters. The second kappa shape index (κ2) is 24.0. The fraction of sp³-hybridized carbons (Fsp3) is 0.783. The molecular weight excluding hydrogens is 680 g/mol. The molecule has 0 bridgehead atoms. The minimum atomic E-state index is -0.662. The first kappa shape index (κ1) is 46.4. The number of hydrogen-bond acceptors (Lipinski definition) is 8. The van der Waals surface area contributed by atoms with Gasteiger partial charge in [0.25, 0.3) is 0 Å². The van der Waals surface area contributed by atoms with E-state index in [-0.39, 0.29) is 36.7 Å². The first-order valence-electron chi connectivity index (χ1n) is 21.5. The summed E-state index contributed by atoms with van der Waals surface area (Å²) in [5, 5.41) is 0. The van der Waals surface area contributed by atoms with Gasteiger partial charge in [-0.3, -0.25) is 0 Å². The standard InChI is InChI=1S/C46H78O8/c1-12-16-28-47-34(5)51-42-25-24-41(33-43(42)52-35(6)48-29-17-13-2)45(9,10)40-22-20-38(21-23-40)39-26-27-46(11,54-37(8)50-31-19-15-4)44(32-39)53-36(7)49-30-18-14-3/h24-27,32-38,40,44H,12-23,28-31H2,1-11H3. The highest BCUT2D eigenvalue weighted by Gasteiger charge is 2.41. The van der Waals surface area contributed by atoms with Crippen LogP contribution in [0.15, 0.2) is 42.0 Å². The number of ether oxygens (including phenoxy) is 8. The van der Waals surface area contributed by atoms with E-state index in [1.54, 1.807) is 0 Å². The molecule has 3 rings (SSSR count). The third-order valence-corrected chi connectivity index (χ3v) is 11.2. The van der Waals surface area contributed by atoms with Crippen LogP contribution in [0.3, 0.4) is 0 Å². The van der Waals surface area contributed by atoms with Crippen molar-refractivity contribution in [3.8, 4) is 11.5 Å².